The lowest BCUT2D eigenvalue weighted by Crippen LogP contribution is -2.04. The summed E-state index contributed by atoms with van der Waals surface area (Å²) < 4.78 is 5.15. The van der Waals surface area contributed by atoms with Crippen molar-refractivity contribution < 1.29 is 4.74 Å². The Hall–Kier alpha value is -1.78. The summed E-state index contributed by atoms with van der Waals surface area (Å²) in [6.45, 7) is 4.60. The number of halogens is 1. The van der Waals surface area contributed by atoms with Gasteiger partial charge in [-0.15, -0.1) is 12.4 Å². The molecule has 1 aromatic carbocycles. The number of nitrogens with one attached hydrogen (secondary N) is 1. The minimum absolute atomic E-state index is 0. The maximum absolute atomic E-state index is 5.73. The molecule has 0 atom stereocenters. The number of benzene rings is 1. The number of rotatable bonds is 4. The summed E-state index contributed by atoms with van der Waals surface area (Å²) in [6.07, 6.45) is 0. The van der Waals surface area contributed by atoms with Crippen molar-refractivity contribution in [1.82, 2.24) is 4.98 Å². The molecule has 1 aromatic heterocycles. The Balaban J connectivity index is 0.00000200. The van der Waals surface area contributed by atoms with Crippen molar-refractivity contribution >= 4 is 23.9 Å². The van der Waals surface area contributed by atoms with Crippen LogP contribution in [0.5, 0.6) is 5.88 Å². The fraction of sp³-hybridized carbons (Fsp3) is 0.267. The molecule has 20 heavy (non-hydrogen) atoms. The van der Waals surface area contributed by atoms with Gasteiger partial charge in [-0.05, 0) is 36.6 Å². The van der Waals surface area contributed by atoms with Gasteiger partial charge in [0.1, 0.15) is 5.82 Å². The number of nitrogens with two attached hydrogens (primary N) is 1. The second kappa shape index (κ2) is 7.12. The van der Waals surface area contributed by atoms with Crippen LogP contribution in [0.4, 0.5) is 11.5 Å². The number of anilines is 2. The normalized spacial score (nSPS) is 9.80. The average molecular weight is 294 g/mol. The fourth-order valence-corrected chi connectivity index (χ4v) is 1.92. The number of aryl methyl sites for hydroxylation is 1. The standard InChI is InChI=1S/C15H19N3O.ClH/c1-10-7-8-14(19-3)18-15(10)17-13-6-4-5-12(9-16)11(13)2;/h4-8H,9,16H2,1-3H3,(H,17,18);1H. The molecule has 0 radical (unpaired) electrons. The van der Waals surface area contributed by atoms with Crippen LogP contribution in [-0.2, 0) is 6.54 Å². The van der Waals surface area contributed by atoms with Crippen LogP contribution in [0.25, 0.3) is 0 Å². The highest BCUT2D eigenvalue weighted by molar-refractivity contribution is 5.85. The Morgan fingerprint density at radius 2 is 1.95 bits per heavy atom. The second-order valence-electron chi connectivity index (χ2n) is 4.44. The molecule has 0 saturated carbocycles. The quantitative estimate of drug-likeness (QED) is 0.908. The molecule has 4 nitrogen and oxygen atoms in total. The van der Waals surface area contributed by atoms with Gasteiger partial charge in [0.2, 0.25) is 5.88 Å². The summed E-state index contributed by atoms with van der Waals surface area (Å²) in [5, 5.41) is 3.34. The minimum Gasteiger partial charge on any atom is -0.481 e. The van der Waals surface area contributed by atoms with E-state index in [0.29, 0.717) is 12.4 Å². The topological polar surface area (TPSA) is 60.2 Å². The Morgan fingerprint density at radius 1 is 1.20 bits per heavy atom. The number of nitrogens with zero attached hydrogens (tertiary/aromatic N) is 1. The molecule has 0 amide bonds. The molecule has 0 spiro atoms. The SMILES string of the molecule is COc1ccc(C)c(Nc2cccc(CN)c2C)n1.Cl. The highest BCUT2D eigenvalue weighted by Crippen LogP contribution is 2.25. The highest BCUT2D eigenvalue weighted by atomic mass is 35.5. The van der Waals surface area contributed by atoms with Gasteiger partial charge in [0.05, 0.1) is 7.11 Å². The first kappa shape index (κ1) is 16.3. The van der Waals surface area contributed by atoms with E-state index >= 15 is 0 Å². The maximum Gasteiger partial charge on any atom is 0.214 e. The van der Waals surface area contributed by atoms with E-state index in [2.05, 4.69) is 17.2 Å². The van der Waals surface area contributed by atoms with Crippen molar-refractivity contribution in [1.29, 1.82) is 0 Å². The molecule has 0 fully saturated rings. The Bertz CT molecular complexity index is 587. The van der Waals surface area contributed by atoms with Crippen molar-refractivity contribution in [2.45, 2.75) is 20.4 Å². The molecule has 2 aromatic rings. The van der Waals surface area contributed by atoms with E-state index < -0.39 is 0 Å². The summed E-state index contributed by atoms with van der Waals surface area (Å²) in [7, 11) is 1.61. The van der Waals surface area contributed by atoms with Crippen LogP contribution in [0, 0.1) is 13.8 Å². The van der Waals surface area contributed by atoms with E-state index in [1.54, 1.807) is 7.11 Å². The molecule has 0 aliphatic carbocycles. The van der Waals surface area contributed by atoms with E-state index in [0.717, 1.165) is 28.2 Å². The van der Waals surface area contributed by atoms with Crippen LogP contribution < -0.4 is 15.8 Å². The van der Waals surface area contributed by atoms with Crippen LogP contribution in [0.1, 0.15) is 16.7 Å². The first-order valence-electron chi connectivity index (χ1n) is 6.23. The molecule has 0 saturated heterocycles. The predicted octanol–water partition coefficient (Wildman–Crippen LogP) is 3.33. The number of ether oxygens (including phenoxy) is 1. The van der Waals surface area contributed by atoms with Crippen LogP contribution in [0.2, 0.25) is 0 Å². The van der Waals surface area contributed by atoms with Gasteiger partial charge in [0.25, 0.3) is 0 Å². The van der Waals surface area contributed by atoms with Crippen LogP contribution >= 0.6 is 12.4 Å². The van der Waals surface area contributed by atoms with E-state index in [1.807, 2.05) is 37.3 Å². The third-order valence-corrected chi connectivity index (χ3v) is 3.20. The summed E-state index contributed by atoms with van der Waals surface area (Å²) in [4.78, 5) is 4.42. The summed E-state index contributed by atoms with van der Waals surface area (Å²) in [5.74, 6) is 1.40. The molecule has 0 bridgehead atoms. The van der Waals surface area contributed by atoms with Crippen molar-refractivity contribution in [3.8, 4) is 5.88 Å². The molecule has 108 valence electrons. The molecular formula is C15H20ClN3O. The number of hydrogen-bond donors (Lipinski definition) is 2. The first-order chi connectivity index (χ1) is 9.15. The minimum atomic E-state index is 0. The zero-order valence-corrected chi connectivity index (χ0v) is 12.8. The highest BCUT2D eigenvalue weighted by Gasteiger charge is 2.07. The molecular weight excluding hydrogens is 274 g/mol. The average Bonchev–Trinajstić information content (AvgIpc) is 2.43. The Morgan fingerprint density at radius 3 is 2.60 bits per heavy atom. The Labute approximate surface area is 125 Å². The fourth-order valence-electron chi connectivity index (χ4n) is 1.92. The summed E-state index contributed by atoms with van der Waals surface area (Å²) >= 11 is 0. The van der Waals surface area contributed by atoms with Gasteiger partial charge in [0.15, 0.2) is 0 Å². The van der Waals surface area contributed by atoms with E-state index in [4.69, 9.17) is 10.5 Å². The molecule has 3 N–H and O–H groups in total. The largest absolute Gasteiger partial charge is 0.481 e. The van der Waals surface area contributed by atoms with Crippen molar-refractivity contribution in [3.63, 3.8) is 0 Å². The molecule has 0 unspecified atom stereocenters. The first-order valence-corrected chi connectivity index (χ1v) is 6.23. The van der Waals surface area contributed by atoms with Crippen LogP contribution in [0.3, 0.4) is 0 Å². The number of hydrogen-bond acceptors (Lipinski definition) is 4. The van der Waals surface area contributed by atoms with Gasteiger partial charge in [-0.25, -0.2) is 0 Å². The predicted molar refractivity (Wildman–Crippen MR) is 85.1 cm³/mol. The lowest BCUT2D eigenvalue weighted by Gasteiger charge is -2.14. The smallest absolute Gasteiger partial charge is 0.214 e. The van der Waals surface area contributed by atoms with Gasteiger partial charge in [-0.1, -0.05) is 18.2 Å². The third-order valence-electron chi connectivity index (χ3n) is 3.20. The monoisotopic (exact) mass is 293 g/mol. The molecule has 2 rings (SSSR count). The van der Waals surface area contributed by atoms with Crippen LogP contribution in [0.15, 0.2) is 30.3 Å². The Kier molecular flexibility index (Phi) is 5.80. The van der Waals surface area contributed by atoms with Gasteiger partial charge in [-0.3, -0.25) is 0 Å². The zero-order valence-electron chi connectivity index (χ0n) is 11.9. The van der Waals surface area contributed by atoms with E-state index in [1.165, 1.54) is 0 Å². The molecule has 1 heterocycles. The van der Waals surface area contributed by atoms with E-state index in [9.17, 15) is 0 Å². The van der Waals surface area contributed by atoms with Crippen molar-refractivity contribution in [3.05, 3.63) is 47.0 Å². The van der Waals surface area contributed by atoms with E-state index in [-0.39, 0.29) is 12.4 Å². The van der Waals surface area contributed by atoms with Gasteiger partial charge in [-0.2, -0.15) is 4.98 Å². The van der Waals surface area contributed by atoms with Crippen LogP contribution in [-0.4, -0.2) is 12.1 Å². The maximum atomic E-state index is 5.73. The zero-order chi connectivity index (χ0) is 13.8. The lowest BCUT2D eigenvalue weighted by atomic mass is 10.1. The molecule has 0 aliphatic heterocycles. The molecule has 0 aliphatic rings. The summed E-state index contributed by atoms with van der Waals surface area (Å²) in [6, 6.07) is 9.88. The third kappa shape index (κ3) is 3.40. The van der Waals surface area contributed by atoms with Gasteiger partial charge < -0.3 is 15.8 Å². The second-order valence-corrected chi connectivity index (χ2v) is 4.44. The summed E-state index contributed by atoms with van der Waals surface area (Å²) in [5.41, 5.74) is 10.1. The number of pyridine rings is 1. The number of aromatic nitrogens is 1. The lowest BCUT2D eigenvalue weighted by molar-refractivity contribution is 0.398. The van der Waals surface area contributed by atoms with Crippen molar-refractivity contribution in [2.75, 3.05) is 12.4 Å². The molecule has 5 heteroatoms. The van der Waals surface area contributed by atoms with Gasteiger partial charge in [0, 0.05) is 18.3 Å². The van der Waals surface area contributed by atoms with Gasteiger partial charge >= 0.3 is 0 Å². The van der Waals surface area contributed by atoms with Crippen molar-refractivity contribution in [2.24, 2.45) is 5.73 Å². The number of methoxy groups -OCH3 is 1.